The number of fused-ring (bicyclic) bond motifs is 6. The Hall–Kier alpha value is -4.21. The maximum atomic E-state index is 5.32. The van der Waals surface area contributed by atoms with E-state index in [1.807, 2.05) is 11.3 Å². The molecule has 0 fully saturated rings. The summed E-state index contributed by atoms with van der Waals surface area (Å²) in [7, 11) is 0. The molecule has 2 aliphatic rings. The van der Waals surface area contributed by atoms with Crippen LogP contribution < -0.4 is 0 Å². The van der Waals surface area contributed by atoms with Crippen molar-refractivity contribution in [2.45, 2.75) is 25.7 Å². The number of allylic oxidation sites excluding steroid dienone is 2. The van der Waals surface area contributed by atoms with Crippen molar-refractivity contribution in [1.82, 2.24) is 9.55 Å². The van der Waals surface area contributed by atoms with E-state index < -0.39 is 0 Å². The lowest BCUT2D eigenvalue weighted by Gasteiger charge is -2.16. The monoisotopic (exact) mass is 506 g/mol. The predicted octanol–water partition coefficient (Wildman–Crippen LogP) is 9.49. The molecule has 8 rings (SSSR count). The van der Waals surface area contributed by atoms with E-state index in [0.29, 0.717) is 0 Å². The minimum atomic E-state index is 1.02. The molecule has 0 spiro atoms. The fourth-order valence-electron chi connectivity index (χ4n) is 6.11. The van der Waals surface area contributed by atoms with Crippen molar-refractivity contribution in [3.63, 3.8) is 0 Å². The summed E-state index contributed by atoms with van der Waals surface area (Å²) < 4.78 is 2.50. The molecule has 0 aliphatic heterocycles. The van der Waals surface area contributed by atoms with E-state index in [9.17, 15) is 0 Å². The number of hydrogen-bond donors (Lipinski definition) is 0. The highest BCUT2D eigenvalue weighted by Gasteiger charge is 2.23. The van der Waals surface area contributed by atoms with Crippen LogP contribution in [0.3, 0.4) is 0 Å². The topological polar surface area (TPSA) is 17.8 Å². The van der Waals surface area contributed by atoms with E-state index in [1.54, 1.807) is 0 Å². The molecule has 2 aliphatic carbocycles. The van der Waals surface area contributed by atoms with Gasteiger partial charge in [-0.25, -0.2) is 4.98 Å². The third-order valence-electron chi connectivity index (χ3n) is 7.90. The van der Waals surface area contributed by atoms with Gasteiger partial charge in [-0.2, -0.15) is 0 Å². The largest absolute Gasteiger partial charge is 0.311 e. The van der Waals surface area contributed by atoms with Crippen LogP contribution in [-0.2, 0) is 12.8 Å². The Bertz CT molecular complexity index is 1840. The second-order valence-electron chi connectivity index (χ2n) is 10.2. The quantitative estimate of drug-likeness (QED) is 0.234. The van der Waals surface area contributed by atoms with E-state index in [0.717, 1.165) is 36.0 Å². The Morgan fingerprint density at radius 2 is 1.32 bits per heavy atom. The summed E-state index contributed by atoms with van der Waals surface area (Å²) in [5.41, 5.74) is 12.5. The summed E-state index contributed by atoms with van der Waals surface area (Å²) in [6.07, 6.45) is 13.5. The normalized spacial score (nSPS) is 14.2. The van der Waals surface area contributed by atoms with Crippen LogP contribution in [0.15, 0.2) is 97.1 Å². The Balaban J connectivity index is 1.45. The van der Waals surface area contributed by atoms with Gasteiger partial charge in [-0.05, 0) is 77.8 Å². The molecule has 0 bridgehead atoms. The van der Waals surface area contributed by atoms with E-state index >= 15 is 0 Å². The zero-order valence-electron chi connectivity index (χ0n) is 21.0. The molecule has 0 saturated heterocycles. The maximum Gasteiger partial charge on any atom is 0.125 e. The number of thiophene rings is 1. The molecule has 0 atom stereocenters. The molecule has 6 aromatic rings. The van der Waals surface area contributed by atoms with Crippen molar-refractivity contribution >= 4 is 44.7 Å². The first-order valence-electron chi connectivity index (χ1n) is 13.4. The van der Waals surface area contributed by atoms with Gasteiger partial charge in [-0.1, -0.05) is 85.0 Å². The first-order valence-corrected chi connectivity index (χ1v) is 14.2. The molecule has 3 heteroatoms. The number of rotatable bonds is 3. The molecule has 3 heterocycles. The SMILES string of the molecule is C1=Cc2c(sc3nc4c5c(n(-c6cc(-c7ccccc7)cc(-c7ccccc7)c6)c4cc23)CCC=C5)CC1. The van der Waals surface area contributed by atoms with E-state index in [4.69, 9.17) is 4.98 Å². The van der Waals surface area contributed by atoms with Gasteiger partial charge in [0.05, 0.1) is 11.0 Å². The van der Waals surface area contributed by atoms with Crippen molar-refractivity contribution in [1.29, 1.82) is 0 Å². The Morgan fingerprint density at radius 3 is 2.03 bits per heavy atom. The minimum absolute atomic E-state index is 1.02. The maximum absolute atomic E-state index is 5.32. The Labute approximate surface area is 226 Å². The molecule has 0 amide bonds. The second-order valence-corrected chi connectivity index (χ2v) is 11.3. The average molecular weight is 507 g/mol. The van der Waals surface area contributed by atoms with Gasteiger partial charge in [0.1, 0.15) is 4.83 Å². The number of aryl methyl sites for hydroxylation is 1. The fourth-order valence-corrected chi connectivity index (χ4v) is 7.26. The smallest absolute Gasteiger partial charge is 0.125 e. The lowest BCUT2D eigenvalue weighted by Crippen LogP contribution is -2.03. The van der Waals surface area contributed by atoms with E-state index in [-0.39, 0.29) is 0 Å². The van der Waals surface area contributed by atoms with Crippen LogP contribution in [0.2, 0.25) is 0 Å². The molecule has 2 nitrogen and oxygen atoms in total. The van der Waals surface area contributed by atoms with Crippen LogP contribution in [0, 0.1) is 0 Å². The third kappa shape index (κ3) is 3.43. The van der Waals surface area contributed by atoms with E-state index in [2.05, 4.69) is 114 Å². The molecule has 0 saturated carbocycles. The van der Waals surface area contributed by atoms with E-state index in [1.165, 1.54) is 60.5 Å². The van der Waals surface area contributed by atoms with Crippen LogP contribution in [0.4, 0.5) is 0 Å². The van der Waals surface area contributed by atoms with Gasteiger partial charge in [0.2, 0.25) is 0 Å². The summed E-state index contributed by atoms with van der Waals surface area (Å²) in [4.78, 5) is 7.95. The molecule has 3 aromatic carbocycles. The number of benzene rings is 3. The van der Waals surface area contributed by atoms with Crippen molar-refractivity contribution in [2.75, 3.05) is 0 Å². The van der Waals surface area contributed by atoms with Gasteiger partial charge in [0.25, 0.3) is 0 Å². The second kappa shape index (κ2) is 8.68. The van der Waals surface area contributed by atoms with Gasteiger partial charge in [0.15, 0.2) is 0 Å². The summed E-state index contributed by atoms with van der Waals surface area (Å²) in [5.74, 6) is 0. The fraction of sp³-hybridized carbons (Fsp3) is 0.114. The lowest BCUT2D eigenvalue weighted by atomic mass is 9.97. The summed E-state index contributed by atoms with van der Waals surface area (Å²) >= 11 is 1.87. The Kier molecular flexibility index (Phi) is 4.99. The first kappa shape index (κ1) is 21.8. The van der Waals surface area contributed by atoms with Crippen LogP contribution in [-0.4, -0.2) is 9.55 Å². The van der Waals surface area contributed by atoms with Gasteiger partial charge in [0, 0.05) is 27.2 Å². The number of hydrogen-bond acceptors (Lipinski definition) is 2. The van der Waals surface area contributed by atoms with Gasteiger partial charge >= 0.3 is 0 Å². The van der Waals surface area contributed by atoms with Crippen LogP contribution in [0.5, 0.6) is 0 Å². The first-order chi connectivity index (χ1) is 18.8. The molecule has 0 radical (unpaired) electrons. The van der Waals surface area contributed by atoms with Crippen molar-refractivity contribution in [3.8, 4) is 27.9 Å². The summed E-state index contributed by atoms with van der Waals surface area (Å²) in [6, 6.07) is 30.9. The highest BCUT2D eigenvalue weighted by molar-refractivity contribution is 7.19. The van der Waals surface area contributed by atoms with Crippen molar-refractivity contribution < 1.29 is 0 Å². The number of nitrogens with zero attached hydrogens (tertiary/aromatic N) is 2. The summed E-state index contributed by atoms with van der Waals surface area (Å²) in [5, 5.41) is 1.29. The minimum Gasteiger partial charge on any atom is -0.311 e. The molecular weight excluding hydrogens is 480 g/mol. The summed E-state index contributed by atoms with van der Waals surface area (Å²) in [6.45, 7) is 0. The lowest BCUT2D eigenvalue weighted by molar-refractivity contribution is 0.889. The standard InChI is InChI=1S/C35H26N2S/c1-3-11-23(12-4-1)25-19-26(24-13-5-2-6-14-24)21-27(20-25)37-31-17-9-7-16-29(31)34-32(37)22-30-28-15-8-10-18-33(28)38-35(30)36-34/h1-8,11-16,19-22H,9-10,17-18H2. The number of pyridine rings is 1. The average Bonchev–Trinajstić information content (AvgIpc) is 3.51. The molecule has 0 unspecified atom stereocenters. The predicted molar refractivity (Wildman–Crippen MR) is 162 cm³/mol. The molecular formula is C35H26N2S. The van der Waals surface area contributed by atoms with Gasteiger partial charge in [-0.15, -0.1) is 11.3 Å². The van der Waals surface area contributed by atoms with Crippen LogP contribution in [0.25, 0.3) is 61.3 Å². The zero-order chi connectivity index (χ0) is 25.1. The molecule has 38 heavy (non-hydrogen) atoms. The highest BCUT2D eigenvalue weighted by atomic mass is 32.1. The van der Waals surface area contributed by atoms with Gasteiger partial charge < -0.3 is 4.57 Å². The molecule has 3 aromatic heterocycles. The van der Waals surface area contributed by atoms with Gasteiger partial charge in [-0.3, -0.25) is 0 Å². The van der Waals surface area contributed by atoms with Crippen LogP contribution >= 0.6 is 11.3 Å². The highest BCUT2D eigenvalue weighted by Crippen LogP contribution is 2.41. The van der Waals surface area contributed by atoms with Crippen molar-refractivity contribution in [3.05, 3.63) is 119 Å². The molecule has 182 valence electrons. The Morgan fingerprint density at radius 1 is 0.658 bits per heavy atom. The molecule has 0 N–H and O–H groups in total. The number of aromatic nitrogens is 2. The third-order valence-corrected chi connectivity index (χ3v) is 9.07. The van der Waals surface area contributed by atoms with Crippen LogP contribution in [0.1, 0.15) is 34.5 Å². The van der Waals surface area contributed by atoms with Crippen molar-refractivity contribution in [2.24, 2.45) is 0 Å². The zero-order valence-corrected chi connectivity index (χ0v) is 21.8.